The Morgan fingerprint density at radius 3 is 0.746 bits per heavy atom. The molecule has 670 valence electrons. The molecule has 0 aromatic heterocycles. The van der Waals surface area contributed by atoms with E-state index in [1.807, 2.05) is 6.92 Å². The molecule has 4 rings (SSSR count). The molecule has 0 saturated heterocycles. The lowest BCUT2D eigenvalue weighted by Crippen LogP contribution is -2.50. The number of ether oxygens (including phenoxy) is 14. The Bertz CT molecular complexity index is 3210. The highest BCUT2D eigenvalue weighted by atomic mass is 16.7. The number of carbonyl (C=O) groups excluding carboxylic acids is 13. The van der Waals surface area contributed by atoms with Crippen LogP contribution >= 0.6 is 0 Å². The zero-order chi connectivity index (χ0) is 88.2. The predicted octanol–water partition coefficient (Wildman–Crippen LogP) is 12.2. The fourth-order valence-electron chi connectivity index (χ4n) is 16.9. The number of amides is 8. The monoisotopic (exact) mass is 1680 g/mol. The number of carbonyl (C=O) groups is 13. The third-order valence-corrected chi connectivity index (χ3v) is 20.1. The van der Waals surface area contributed by atoms with E-state index in [4.69, 9.17) is 66.3 Å². The highest BCUT2D eigenvalue weighted by Gasteiger charge is 2.46. The van der Waals surface area contributed by atoms with Crippen LogP contribution in [0.5, 0.6) is 0 Å². The van der Waals surface area contributed by atoms with Crippen LogP contribution in [0.3, 0.4) is 0 Å². The molecule has 4 aliphatic rings. The standard InChI is InChI=1S/C45H74N4O15.C38H62N4O12/c1-10-35(50)57-18-20-60-37(52)46-30-44(8)24-33(22-42(4,5)28-44)48-39(54)59-16-14-12-13-15-17-62-41(56)64-27-32(3)26-63-40(55)49-34-23-43(6,7)29-45(9,25-34)31-47-38(53)61-21-19-58-36(51)11-2;1-9-29(43)49-15-17-53-31(45)39-25-37(7)21-27(19-35(3,4)23-37)41-33(47)51-13-11-12-14-52-34(48)42-28-20-36(5,6)24-38(8,22-28)26-40-32(46)54-18-16-50-30(44)10-2/h10-11,32-34H,1-2,12-31H2,3-9H3,(H,46,52)(H,47,53)(H,48,54)(H,49,55);9-10,27-28H,1-2,11-26H2,3-8H3,(H,39,45)(H,40,46)(H,41,47)(H,42,48). The van der Waals surface area contributed by atoms with E-state index in [-0.39, 0.29) is 166 Å². The van der Waals surface area contributed by atoms with Gasteiger partial charge in [0.15, 0.2) is 0 Å². The van der Waals surface area contributed by atoms with E-state index in [9.17, 15) is 62.3 Å². The molecule has 8 N–H and O–H groups in total. The van der Waals surface area contributed by atoms with E-state index in [2.05, 4.69) is 145 Å². The SMILES string of the molecule is C=CC(=O)OCCOC(=O)NCC1(C)CC(NC(=O)OCCCCCCOC(=O)OCC(C)COC(=O)NC2CC(C)(C)CC(C)(CNC(=O)OCCOC(=O)C=C)C2)CC(C)(C)C1.C=CC(=O)OCCOC(=O)NCC1(C)CC(NC(=O)OCCCCOC(=O)NC2CC(C)(C)CC(C)(CNC(=O)OCCOC(=O)C=C)C2)CC(C)(C)C1. The second-order valence-electron chi connectivity index (χ2n) is 35.7. The molecule has 0 aliphatic heterocycles. The maximum Gasteiger partial charge on any atom is 0.508 e. The van der Waals surface area contributed by atoms with Crippen molar-refractivity contribution in [2.75, 3.05) is 119 Å². The van der Waals surface area contributed by atoms with Gasteiger partial charge in [-0.2, -0.15) is 0 Å². The number of alkyl carbamates (subject to hydrolysis) is 8. The van der Waals surface area contributed by atoms with Gasteiger partial charge in [0.05, 0.1) is 33.0 Å². The first-order valence-electron chi connectivity index (χ1n) is 40.6. The Hall–Kier alpha value is -9.73. The Labute approximate surface area is 695 Å². The van der Waals surface area contributed by atoms with Crippen LogP contribution in [0.4, 0.5) is 43.2 Å². The molecule has 118 heavy (non-hydrogen) atoms. The maximum absolute atomic E-state index is 12.7. The first-order chi connectivity index (χ1) is 55.3. The van der Waals surface area contributed by atoms with Crippen molar-refractivity contribution in [2.24, 2.45) is 49.2 Å². The Balaban J connectivity index is 0.000000619. The molecule has 4 fully saturated rings. The average molecular weight is 1680 g/mol. The fourth-order valence-corrected chi connectivity index (χ4v) is 16.9. The van der Waals surface area contributed by atoms with Crippen LogP contribution in [-0.2, 0) is 85.5 Å². The number of nitrogens with one attached hydrogen (secondary N) is 8. The molecular formula is C83H136N8O27. The van der Waals surface area contributed by atoms with Gasteiger partial charge in [0, 0.05) is 80.6 Å². The van der Waals surface area contributed by atoms with Crippen LogP contribution in [0.2, 0.25) is 0 Å². The summed E-state index contributed by atoms with van der Waals surface area (Å²) in [7, 11) is 0. The van der Waals surface area contributed by atoms with Crippen molar-refractivity contribution in [3.8, 4) is 0 Å². The minimum Gasteiger partial charge on any atom is -0.459 e. The van der Waals surface area contributed by atoms with Crippen LogP contribution in [0, 0.1) is 49.2 Å². The molecular weight excluding hydrogens is 1540 g/mol. The minimum atomic E-state index is -0.810. The van der Waals surface area contributed by atoms with Crippen molar-refractivity contribution in [1.29, 1.82) is 0 Å². The summed E-state index contributed by atoms with van der Waals surface area (Å²) in [5.41, 5.74) is -1.68. The highest BCUT2D eigenvalue weighted by Crippen LogP contribution is 2.49. The number of esters is 4. The van der Waals surface area contributed by atoms with E-state index in [0.717, 1.165) is 88.5 Å². The largest absolute Gasteiger partial charge is 0.508 e. The summed E-state index contributed by atoms with van der Waals surface area (Å²) in [6, 6.07) is -0.664. The summed E-state index contributed by atoms with van der Waals surface area (Å²) in [4.78, 5) is 156. The molecule has 9 unspecified atom stereocenters. The van der Waals surface area contributed by atoms with Gasteiger partial charge in [0.1, 0.15) is 59.5 Å². The lowest BCUT2D eigenvalue weighted by molar-refractivity contribution is -0.139. The lowest BCUT2D eigenvalue weighted by atomic mass is 9.62. The molecule has 0 spiro atoms. The van der Waals surface area contributed by atoms with Crippen LogP contribution in [-0.4, -0.2) is 222 Å². The van der Waals surface area contributed by atoms with Gasteiger partial charge in [0.25, 0.3) is 0 Å². The van der Waals surface area contributed by atoms with Crippen molar-refractivity contribution in [2.45, 2.75) is 230 Å². The second kappa shape index (κ2) is 50.9. The highest BCUT2D eigenvalue weighted by molar-refractivity contribution is 5.82. The van der Waals surface area contributed by atoms with E-state index in [0.29, 0.717) is 77.5 Å². The van der Waals surface area contributed by atoms with Gasteiger partial charge in [-0.1, -0.05) is 116 Å². The summed E-state index contributed by atoms with van der Waals surface area (Å²) in [6.07, 6.45) is 11.2. The summed E-state index contributed by atoms with van der Waals surface area (Å²) in [5, 5.41) is 23.0. The fraction of sp³-hybridized carbons (Fsp3) is 0.747. The van der Waals surface area contributed by atoms with Crippen molar-refractivity contribution in [3.63, 3.8) is 0 Å². The first kappa shape index (κ1) is 102. The van der Waals surface area contributed by atoms with Crippen LogP contribution in [0.1, 0.15) is 206 Å². The Morgan fingerprint density at radius 1 is 0.280 bits per heavy atom. The van der Waals surface area contributed by atoms with Gasteiger partial charge in [-0.3, -0.25) is 0 Å². The predicted molar refractivity (Wildman–Crippen MR) is 432 cm³/mol. The smallest absolute Gasteiger partial charge is 0.459 e. The molecule has 0 radical (unpaired) electrons. The quantitative estimate of drug-likeness (QED) is 0.0122. The third kappa shape index (κ3) is 45.8. The number of unbranched alkanes of at least 4 members (excludes halogenated alkanes) is 4. The van der Waals surface area contributed by atoms with Gasteiger partial charge in [0.2, 0.25) is 0 Å². The summed E-state index contributed by atoms with van der Waals surface area (Å²) >= 11 is 0. The topological polar surface area (TPSA) is 447 Å². The van der Waals surface area contributed by atoms with Crippen molar-refractivity contribution < 1.29 is 129 Å². The van der Waals surface area contributed by atoms with Crippen molar-refractivity contribution >= 4 is 78.8 Å². The van der Waals surface area contributed by atoms with E-state index in [1.165, 1.54) is 0 Å². The van der Waals surface area contributed by atoms with Gasteiger partial charge in [-0.05, 0) is 159 Å². The summed E-state index contributed by atoms with van der Waals surface area (Å²) in [6.45, 7) is 41.6. The zero-order valence-electron chi connectivity index (χ0n) is 72.0. The molecule has 35 heteroatoms. The number of hydrogen-bond acceptors (Lipinski definition) is 27. The van der Waals surface area contributed by atoms with Crippen LogP contribution in [0.15, 0.2) is 50.6 Å². The maximum atomic E-state index is 12.7. The second-order valence-corrected chi connectivity index (χ2v) is 35.7. The molecule has 0 heterocycles. The third-order valence-electron chi connectivity index (χ3n) is 20.1. The molecule has 0 bridgehead atoms. The van der Waals surface area contributed by atoms with Gasteiger partial charge >= 0.3 is 78.8 Å². The summed E-state index contributed by atoms with van der Waals surface area (Å²) < 4.78 is 71.6. The molecule has 0 aromatic carbocycles. The normalized spacial score (nSPS) is 23.1. The van der Waals surface area contributed by atoms with Crippen molar-refractivity contribution in [1.82, 2.24) is 42.5 Å². The van der Waals surface area contributed by atoms with Crippen LogP contribution < -0.4 is 42.5 Å². The minimum absolute atomic E-state index is 0.000391. The van der Waals surface area contributed by atoms with Gasteiger partial charge in [-0.15, -0.1) is 0 Å². The summed E-state index contributed by atoms with van der Waals surface area (Å²) in [5.74, 6) is -2.66. The van der Waals surface area contributed by atoms with E-state index in [1.54, 1.807) is 6.92 Å². The number of hydrogen-bond donors (Lipinski definition) is 8. The molecule has 9 atom stereocenters. The lowest BCUT2D eigenvalue weighted by Gasteiger charge is -2.46. The Kier molecular flexibility index (Phi) is 44.2. The Morgan fingerprint density at radius 2 is 0.492 bits per heavy atom. The molecule has 35 nitrogen and oxygen atoms in total. The van der Waals surface area contributed by atoms with Gasteiger partial charge in [-0.25, -0.2) is 62.3 Å². The average Bonchev–Trinajstić information content (AvgIpc) is 0.817. The molecule has 8 amide bonds. The molecule has 0 aromatic rings. The molecule has 4 aliphatic carbocycles. The number of rotatable bonds is 44. The van der Waals surface area contributed by atoms with Crippen LogP contribution in [0.25, 0.3) is 0 Å². The van der Waals surface area contributed by atoms with E-state index >= 15 is 0 Å². The van der Waals surface area contributed by atoms with E-state index < -0.39 is 78.8 Å². The van der Waals surface area contributed by atoms with Crippen molar-refractivity contribution in [3.05, 3.63) is 50.6 Å². The van der Waals surface area contributed by atoms with Gasteiger partial charge < -0.3 is 109 Å². The molecule has 4 saturated carbocycles. The first-order valence-corrected chi connectivity index (χ1v) is 40.6. The zero-order valence-corrected chi connectivity index (χ0v) is 72.0.